The second kappa shape index (κ2) is 7.53. The molecule has 142 valence electrons. The number of hydrogen-bond acceptors (Lipinski definition) is 3. The number of carbonyl (C=O) groups excluding carboxylic acids is 1. The third kappa shape index (κ3) is 3.27. The molecular weight excluding hydrogens is 364 g/mol. The van der Waals surface area contributed by atoms with Gasteiger partial charge in [-0.25, -0.2) is 0 Å². The van der Waals surface area contributed by atoms with E-state index in [1.54, 1.807) is 11.3 Å². The monoisotopic (exact) mass is 388 g/mol. The van der Waals surface area contributed by atoms with Crippen LogP contribution in [0.4, 0.5) is 5.69 Å². The maximum atomic E-state index is 13.0. The quantitative estimate of drug-likeness (QED) is 0.698. The molecule has 1 aliphatic heterocycles. The maximum absolute atomic E-state index is 13.0. The topological polar surface area (TPSA) is 32.3 Å². The van der Waals surface area contributed by atoms with E-state index in [2.05, 4.69) is 53.2 Å². The zero-order valence-electron chi connectivity index (χ0n) is 15.9. The first-order valence-corrected chi connectivity index (χ1v) is 10.9. The summed E-state index contributed by atoms with van der Waals surface area (Å²) in [5, 5.41) is 5.66. The molecule has 2 aromatic carbocycles. The average Bonchev–Trinajstić information content (AvgIpc) is 3.47. The lowest BCUT2D eigenvalue weighted by molar-refractivity contribution is -0.117. The van der Waals surface area contributed by atoms with E-state index in [0.29, 0.717) is 6.54 Å². The second-order valence-corrected chi connectivity index (χ2v) is 8.61. The normalized spacial score (nSPS) is 16.1. The van der Waals surface area contributed by atoms with E-state index in [4.69, 9.17) is 0 Å². The molecule has 0 radical (unpaired) electrons. The molecule has 2 aliphatic rings. The molecule has 1 atom stereocenters. The van der Waals surface area contributed by atoms with Crippen LogP contribution in [0.2, 0.25) is 0 Å². The predicted molar refractivity (Wildman–Crippen MR) is 115 cm³/mol. The summed E-state index contributed by atoms with van der Waals surface area (Å²) in [5.74, 6) is 0.146. The van der Waals surface area contributed by atoms with Gasteiger partial charge in [-0.05, 0) is 65.4 Å². The van der Waals surface area contributed by atoms with Gasteiger partial charge in [-0.1, -0.05) is 42.5 Å². The Kier molecular flexibility index (Phi) is 4.75. The first-order chi connectivity index (χ1) is 13.8. The molecule has 28 heavy (non-hydrogen) atoms. The predicted octanol–water partition coefficient (Wildman–Crippen LogP) is 4.51. The summed E-state index contributed by atoms with van der Waals surface area (Å²) in [6.45, 7) is 1.12. The molecule has 1 N–H and O–H groups in total. The summed E-state index contributed by atoms with van der Waals surface area (Å²) in [4.78, 5) is 16.2. The number of hydrogen-bond donors (Lipinski definition) is 1. The number of nitrogens with one attached hydrogen (secondary N) is 1. The molecule has 0 bridgehead atoms. The molecule has 0 unspecified atom stereocenters. The number of benzene rings is 2. The minimum absolute atomic E-state index is 0.0627. The maximum Gasteiger partial charge on any atom is 0.240 e. The number of rotatable bonds is 5. The Morgan fingerprint density at radius 2 is 1.89 bits per heavy atom. The van der Waals surface area contributed by atoms with Crippen molar-refractivity contribution in [3.63, 3.8) is 0 Å². The highest BCUT2D eigenvalue weighted by atomic mass is 32.1. The molecular formula is C24H24N2OS. The highest BCUT2D eigenvalue weighted by Gasteiger charge is 2.25. The molecule has 4 heteroatoms. The van der Waals surface area contributed by atoms with Gasteiger partial charge in [-0.3, -0.25) is 10.1 Å². The molecule has 1 aliphatic carbocycles. The SMILES string of the molecule is O=C(CN[C@@H](c1ccc2c(c1)CCC2)c1cccs1)N1CCc2ccccc21. The fourth-order valence-corrected chi connectivity index (χ4v) is 5.32. The van der Waals surface area contributed by atoms with Crippen molar-refractivity contribution in [3.8, 4) is 0 Å². The Bertz CT molecular complexity index is 996. The summed E-state index contributed by atoms with van der Waals surface area (Å²) in [6.07, 6.45) is 4.56. The Balaban J connectivity index is 1.36. The Morgan fingerprint density at radius 3 is 2.79 bits per heavy atom. The highest BCUT2D eigenvalue weighted by molar-refractivity contribution is 7.10. The van der Waals surface area contributed by atoms with Crippen molar-refractivity contribution in [2.45, 2.75) is 31.7 Å². The minimum Gasteiger partial charge on any atom is -0.311 e. The molecule has 2 heterocycles. The summed E-state index contributed by atoms with van der Waals surface area (Å²) in [6, 6.07) is 19.4. The van der Waals surface area contributed by atoms with Crippen molar-refractivity contribution in [1.82, 2.24) is 5.32 Å². The largest absolute Gasteiger partial charge is 0.311 e. The molecule has 0 saturated carbocycles. The Hall–Kier alpha value is -2.43. The Labute approximate surface area is 170 Å². The minimum atomic E-state index is 0.0627. The van der Waals surface area contributed by atoms with Crippen molar-refractivity contribution in [3.05, 3.63) is 87.1 Å². The molecule has 3 aromatic rings. The third-order valence-electron chi connectivity index (χ3n) is 5.93. The molecule has 0 spiro atoms. The van der Waals surface area contributed by atoms with Crippen LogP contribution in [0, 0.1) is 0 Å². The van der Waals surface area contributed by atoms with Gasteiger partial charge in [0.15, 0.2) is 0 Å². The number of para-hydroxylation sites is 1. The lowest BCUT2D eigenvalue weighted by Crippen LogP contribution is -2.38. The van der Waals surface area contributed by atoms with Gasteiger partial charge in [-0.15, -0.1) is 11.3 Å². The van der Waals surface area contributed by atoms with E-state index in [-0.39, 0.29) is 11.9 Å². The zero-order valence-corrected chi connectivity index (χ0v) is 16.7. The molecule has 3 nitrogen and oxygen atoms in total. The van der Waals surface area contributed by atoms with Crippen molar-refractivity contribution in [1.29, 1.82) is 0 Å². The van der Waals surface area contributed by atoms with Crippen LogP contribution in [0.5, 0.6) is 0 Å². The third-order valence-corrected chi connectivity index (χ3v) is 6.87. The van der Waals surface area contributed by atoms with E-state index in [9.17, 15) is 4.79 Å². The molecule has 1 aromatic heterocycles. The first kappa shape index (κ1) is 17.7. The molecule has 0 saturated heterocycles. The molecule has 5 rings (SSSR count). The van der Waals surface area contributed by atoms with Crippen molar-refractivity contribution in [2.24, 2.45) is 0 Å². The van der Waals surface area contributed by atoms with Crippen LogP contribution in [0.25, 0.3) is 0 Å². The van der Waals surface area contributed by atoms with Crippen LogP contribution in [-0.2, 0) is 24.1 Å². The van der Waals surface area contributed by atoms with Crippen LogP contribution in [0.3, 0.4) is 0 Å². The fourth-order valence-electron chi connectivity index (χ4n) is 4.49. The number of nitrogens with zero attached hydrogens (tertiary/aromatic N) is 1. The number of carbonyl (C=O) groups is 1. The number of anilines is 1. The van der Waals surface area contributed by atoms with Gasteiger partial charge in [0.25, 0.3) is 0 Å². The van der Waals surface area contributed by atoms with Gasteiger partial charge in [0.1, 0.15) is 0 Å². The van der Waals surface area contributed by atoms with Crippen LogP contribution < -0.4 is 10.2 Å². The number of amides is 1. The molecule has 1 amide bonds. The van der Waals surface area contributed by atoms with E-state index in [1.165, 1.54) is 46.4 Å². The van der Waals surface area contributed by atoms with E-state index >= 15 is 0 Å². The van der Waals surface area contributed by atoms with Gasteiger partial charge in [0.2, 0.25) is 5.91 Å². The summed E-state index contributed by atoms with van der Waals surface area (Å²) in [5.41, 5.74) is 6.56. The average molecular weight is 389 g/mol. The van der Waals surface area contributed by atoms with Crippen LogP contribution in [0.1, 0.15) is 39.6 Å². The van der Waals surface area contributed by atoms with Gasteiger partial charge < -0.3 is 4.90 Å². The smallest absolute Gasteiger partial charge is 0.240 e. The van der Waals surface area contributed by atoms with Gasteiger partial charge in [0.05, 0.1) is 12.6 Å². The van der Waals surface area contributed by atoms with Crippen LogP contribution >= 0.6 is 11.3 Å². The zero-order chi connectivity index (χ0) is 18.9. The van der Waals surface area contributed by atoms with Crippen molar-refractivity contribution in [2.75, 3.05) is 18.0 Å². The van der Waals surface area contributed by atoms with Gasteiger partial charge >= 0.3 is 0 Å². The number of fused-ring (bicyclic) bond motifs is 2. The second-order valence-electron chi connectivity index (χ2n) is 7.64. The Morgan fingerprint density at radius 1 is 1.00 bits per heavy atom. The van der Waals surface area contributed by atoms with Crippen molar-refractivity contribution >= 4 is 22.9 Å². The number of thiophene rings is 1. The highest BCUT2D eigenvalue weighted by Crippen LogP contribution is 2.31. The van der Waals surface area contributed by atoms with E-state index in [1.807, 2.05) is 17.0 Å². The lowest BCUT2D eigenvalue weighted by Gasteiger charge is -2.22. The van der Waals surface area contributed by atoms with Crippen molar-refractivity contribution < 1.29 is 4.79 Å². The standard InChI is InChI=1S/C24H24N2OS/c27-23(26-13-12-18-5-1-2-8-21(18)26)16-25-24(22-9-4-14-28-22)20-11-10-17-6-3-7-19(17)15-20/h1-2,4-5,8-11,14-15,24-25H,3,6-7,12-13,16H2/t24-/m0/s1. The van der Waals surface area contributed by atoms with E-state index < -0.39 is 0 Å². The lowest BCUT2D eigenvalue weighted by atomic mass is 10.00. The summed E-state index contributed by atoms with van der Waals surface area (Å²) in [7, 11) is 0. The summed E-state index contributed by atoms with van der Waals surface area (Å²) >= 11 is 1.74. The summed E-state index contributed by atoms with van der Waals surface area (Å²) < 4.78 is 0. The molecule has 0 fully saturated rings. The first-order valence-electron chi connectivity index (χ1n) is 10.1. The number of aryl methyl sites for hydroxylation is 2. The van der Waals surface area contributed by atoms with Gasteiger partial charge in [0, 0.05) is 17.1 Å². The van der Waals surface area contributed by atoms with Crippen LogP contribution in [-0.4, -0.2) is 19.0 Å². The van der Waals surface area contributed by atoms with E-state index in [0.717, 1.165) is 18.7 Å². The fraction of sp³-hybridized carbons (Fsp3) is 0.292. The van der Waals surface area contributed by atoms with Gasteiger partial charge in [-0.2, -0.15) is 0 Å². The van der Waals surface area contributed by atoms with Crippen LogP contribution in [0.15, 0.2) is 60.0 Å².